The van der Waals surface area contributed by atoms with Crippen LogP contribution < -0.4 is 4.72 Å². The van der Waals surface area contributed by atoms with Crippen LogP contribution in [0.4, 0.5) is 0 Å². The third kappa shape index (κ3) is 6.37. The summed E-state index contributed by atoms with van der Waals surface area (Å²) < 4.78 is 37.0. The minimum Gasteiger partial charge on any atom is -0.383 e. The third-order valence-corrected chi connectivity index (χ3v) is 5.08. The van der Waals surface area contributed by atoms with Crippen LogP contribution in [0.2, 0.25) is 5.02 Å². The lowest BCUT2D eigenvalue weighted by Crippen LogP contribution is -2.48. The standard InChI is InChI=1S/C15H23ClN2O5S/c1-12(15(19)18(8-10-22-2)9-11-23-3)17-24(20,21)14-6-4-13(16)5-7-14/h4-7,12,17H,8-11H2,1-3H3/t12-/m0/s1. The van der Waals surface area contributed by atoms with E-state index in [0.717, 1.165) is 0 Å². The van der Waals surface area contributed by atoms with E-state index in [-0.39, 0.29) is 10.8 Å². The summed E-state index contributed by atoms with van der Waals surface area (Å²) in [6, 6.07) is 4.81. The fraction of sp³-hybridized carbons (Fsp3) is 0.533. The van der Waals surface area contributed by atoms with Crippen molar-refractivity contribution in [3.63, 3.8) is 0 Å². The molecule has 0 aliphatic carbocycles. The molecule has 1 N–H and O–H groups in total. The van der Waals surface area contributed by atoms with E-state index in [1.807, 2.05) is 0 Å². The van der Waals surface area contributed by atoms with Crippen LogP contribution >= 0.6 is 11.6 Å². The number of nitrogens with zero attached hydrogens (tertiary/aromatic N) is 1. The normalized spacial score (nSPS) is 12.8. The van der Waals surface area contributed by atoms with Crippen molar-refractivity contribution in [1.29, 1.82) is 0 Å². The van der Waals surface area contributed by atoms with Crippen molar-refractivity contribution in [2.75, 3.05) is 40.5 Å². The quantitative estimate of drug-likeness (QED) is 0.659. The van der Waals surface area contributed by atoms with Crippen molar-refractivity contribution in [3.8, 4) is 0 Å². The van der Waals surface area contributed by atoms with Crippen molar-refractivity contribution in [3.05, 3.63) is 29.3 Å². The molecule has 1 aromatic rings. The summed E-state index contributed by atoms with van der Waals surface area (Å²) in [5.41, 5.74) is 0. The van der Waals surface area contributed by atoms with Gasteiger partial charge in [-0.05, 0) is 31.2 Å². The van der Waals surface area contributed by atoms with Crippen molar-refractivity contribution in [2.45, 2.75) is 17.9 Å². The fourth-order valence-corrected chi connectivity index (χ4v) is 3.30. The highest BCUT2D eigenvalue weighted by Gasteiger charge is 2.25. The Hall–Kier alpha value is -1.19. The minimum absolute atomic E-state index is 0.0480. The zero-order valence-electron chi connectivity index (χ0n) is 14.0. The van der Waals surface area contributed by atoms with E-state index >= 15 is 0 Å². The summed E-state index contributed by atoms with van der Waals surface area (Å²) in [6.45, 7) is 2.91. The number of ether oxygens (including phenoxy) is 2. The maximum atomic E-state index is 12.5. The molecule has 0 unspecified atom stereocenters. The molecule has 0 saturated carbocycles. The lowest BCUT2D eigenvalue weighted by atomic mass is 10.3. The van der Waals surface area contributed by atoms with Gasteiger partial charge in [-0.3, -0.25) is 4.79 Å². The van der Waals surface area contributed by atoms with Crippen LogP contribution in [0.25, 0.3) is 0 Å². The molecule has 9 heteroatoms. The van der Waals surface area contributed by atoms with Gasteiger partial charge in [0.1, 0.15) is 0 Å². The number of carbonyl (C=O) groups is 1. The van der Waals surface area contributed by atoms with Crippen molar-refractivity contribution in [1.82, 2.24) is 9.62 Å². The summed E-state index contributed by atoms with van der Waals surface area (Å²) in [7, 11) is -0.748. The van der Waals surface area contributed by atoms with Gasteiger partial charge in [0.05, 0.1) is 24.2 Å². The number of carbonyl (C=O) groups excluding carboxylic acids is 1. The first-order valence-corrected chi connectivity index (χ1v) is 9.22. The van der Waals surface area contributed by atoms with Crippen LogP contribution in [-0.4, -0.2) is 65.8 Å². The monoisotopic (exact) mass is 378 g/mol. The maximum Gasteiger partial charge on any atom is 0.241 e. The predicted octanol–water partition coefficient (Wildman–Crippen LogP) is 1.13. The Bertz CT molecular complexity index is 613. The molecule has 0 aromatic heterocycles. The average Bonchev–Trinajstić information content (AvgIpc) is 2.54. The van der Waals surface area contributed by atoms with Crippen molar-refractivity contribution < 1.29 is 22.7 Å². The molecule has 24 heavy (non-hydrogen) atoms. The zero-order valence-corrected chi connectivity index (χ0v) is 15.6. The Morgan fingerprint density at radius 3 is 2.12 bits per heavy atom. The van der Waals surface area contributed by atoms with E-state index in [1.54, 1.807) is 0 Å². The highest BCUT2D eigenvalue weighted by atomic mass is 35.5. The van der Waals surface area contributed by atoms with Gasteiger partial charge in [0, 0.05) is 32.3 Å². The van der Waals surface area contributed by atoms with Gasteiger partial charge in [-0.25, -0.2) is 8.42 Å². The molecule has 0 spiro atoms. The van der Waals surface area contributed by atoms with Crippen LogP contribution in [0.1, 0.15) is 6.92 Å². The van der Waals surface area contributed by atoms with Gasteiger partial charge in [-0.1, -0.05) is 11.6 Å². The number of benzene rings is 1. The summed E-state index contributed by atoms with van der Waals surface area (Å²) in [5, 5.41) is 0.434. The molecule has 1 amide bonds. The Kier molecular flexibility index (Phi) is 8.65. The molecule has 7 nitrogen and oxygen atoms in total. The summed E-state index contributed by atoms with van der Waals surface area (Å²) in [6.07, 6.45) is 0. The Labute approximate surface area is 147 Å². The largest absolute Gasteiger partial charge is 0.383 e. The van der Waals surface area contributed by atoms with Gasteiger partial charge < -0.3 is 14.4 Å². The van der Waals surface area contributed by atoms with Crippen LogP contribution in [-0.2, 0) is 24.3 Å². The number of nitrogens with one attached hydrogen (secondary N) is 1. The van der Waals surface area contributed by atoms with E-state index in [2.05, 4.69) is 4.72 Å². The maximum absolute atomic E-state index is 12.5. The van der Waals surface area contributed by atoms with Gasteiger partial charge in [0.2, 0.25) is 15.9 Å². The second-order valence-corrected chi connectivity index (χ2v) is 7.26. The second kappa shape index (κ2) is 9.95. The molecule has 0 bridgehead atoms. The number of amides is 1. The first-order chi connectivity index (χ1) is 11.3. The molecule has 0 fully saturated rings. The number of methoxy groups -OCH3 is 2. The predicted molar refractivity (Wildman–Crippen MR) is 91.6 cm³/mol. The number of hydrogen-bond acceptors (Lipinski definition) is 5. The number of rotatable bonds is 10. The lowest BCUT2D eigenvalue weighted by molar-refractivity contribution is -0.133. The molecule has 0 radical (unpaired) electrons. The molecule has 0 aliphatic heterocycles. The first kappa shape index (κ1) is 20.9. The highest BCUT2D eigenvalue weighted by Crippen LogP contribution is 2.14. The van der Waals surface area contributed by atoms with E-state index in [0.29, 0.717) is 31.3 Å². The van der Waals surface area contributed by atoms with Crippen LogP contribution in [0.15, 0.2) is 29.2 Å². The number of hydrogen-bond donors (Lipinski definition) is 1. The Morgan fingerprint density at radius 1 is 1.17 bits per heavy atom. The van der Waals surface area contributed by atoms with Gasteiger partial charge in [0.25, 0.3) is 0 Å². The lowest BCUT2D eigenvalue weighted by Gasteiger charge is -2.25. The Morgan fingerprint density at radius 2 is 1.67 bits per heavy atom. The van der Waals surface area contributed by atoms with Crippen LogP contribution in [0.5, 0.6) is 0 Å². The topological polar surface area (TPSA) is 84.9 Å². The zero-order chi connectivity index (χ0) is 18.2. The fourth-order valence-electron chi connectivity index (χ4n) is 1.97. The molecule has 1 atom stereocenters. The Balaban J connectivity index is 2.80. The molecule has 136 valence electrons. The van der Waals surface area contributed by atoms with Crippen molar-refractivity contribution >= 4 is 27.5 Å². The van der Waals surface area contributed by atoms with Gasteiger partial charge in [-0.2, -0.15) is 4.72 Å². The molecule has 1 rings (SSSR count). The minimum atomic E-state index is -3.81. The number of halogens is 1. The van der Waals surface area contributed by atoms with E-state index in [4.69, 9.17) is 21.1 Å². The van der Waals surface area contributed by atoms with Gasteiger partial charge in [0.15, 0.2) is 0 Å². The van der Waals surface area contributed by atoms with Gasteiger partial charge in [-0.15, -0.1) is 0 Å². The molecule has 1 aromatic carbocycles. The SMILES string of the molecule is COCCN(CCOC)C(=O)[C@H](C)NS(=O)(=O)c1ccc(Cl)cc1. The first-order valence-electron chi connectivity index (χ1n) is 7.36. The van der Waals surface area contributed by atoms with E-state index in [9.17, 15) is 13.2 Å². The van der Waals surface area contributed by atoms with E-state index < -0.39 is 16.1 Å². The smallest absolute Gasteiger partial charge is 0.241 e. The van der Waals surface area contributed by atoms with Gasteiger partial charge >= 0.3 is 0 Å². The van der Waals surface area contributed by atoms with Crippen molar-refractivity contribution in [2.24, 2.45) is 0 Å². The summed E-state index contributed by atoms with van der Waals surface area (Å²) >= 11 is 5.76. The summed E-state index contributed by atoms with van der Waals surface area (Å²) in [4.78, 5) is 14.0. The number of sulfonamides is 1. The van der Waals surface area contributed by atoms with Crippen LogP contribution in [0, 0.1) is 0 Å². The van der Waals surface area contributed by atoms with Crippen LogP contribution in [0.3, 0.4) is 0 Å². The average molecular weight is 379 g/mol. The third-order valence-electron chi connectivity index (χ3n) is 3.27. The molecule has 0 saturated heterocycles. The molecule has 0 heterocycles. The summed E-state index contributed by atoms with van der Waals surface area (Å²) in [5.74, 6) is -0.346. The molecular formula is C15H23ClN2O5S. The van der Waals surface area contributed by atoms with E-state index in [1.165, 1.54) is 50.3 Å². The molecular weight excluding hydrogens is 356 g/mol. The second-order valence-electron chi connectivity index (χ2n) is 5.11. The molecule has 0 aliphatic rings. The highest BCUT2D eigenvalue weighted by molar-refractivity contribution is 7.89.